The van der Waals surface area contributed by atoms with Crippen LogP contribution >= 0.6 is 0 Å². The summed E-state index contributed by atoms with van der Waals surface area (Å²) in [7, 11) is 0. The summed E-state index contributed by atoms with van der Waals surface area (Å²) in [6, 6.07) is 40.7. The van der Waals surface area contributed by atoms with Gasteiger partial charge >= 0.3 is 0 Å². The van der Waals surface area contributed by atoms with Crippen molar-refractivity contribution >= 4 is 43.7 Å². The highest BCUT2D eigenvalue weighted by Crippen LogP contribution is 2.38. The summed E-state index contributed by atoms with van der Waals surface area (Å²) in [5, 5.41) is 4.75. The minimum Gasteiger partial charge on any atom is -0.456 e. The Balaban J connectivity index is 1.52. The van der Waals surface area contributed by atoms with Crippen molar-refractivity contribution in [2.75, 3.05) is 0 Å². The van der Waals surface area contributed by atoms with Crippen molar-refractivity contribution in [2.24, 2.45) is 0 Å². The smallest absolute Gasteiger partial charge is 0.136 e. The molecular weight excluding hydrogens is 390 g/mol. The lowest BCUT2D eigenvalue weighted by Crippen LogP contribution is -1.93. The molecule has 0 aliphatic rings. The summed E-state index contributed by atoms with van der Waals surface area (Å²) in [5.74, 6) is 0. The highest BCUT2D eigenvalue weighted by molar-refractivity contribution is 6.17. The molecule has 0 bridgehead atoms. The van der Waals surface area contributed by atoms with Crippen LogP contribution < -0.4 is 0 Å². The monoisotopic (exact) mass is 409 g/mol. The third-order valence-electron chi connectivity index (χ3n) is 6.40. The average molecular weight is 409 g/mol. The maximum atomic E-state index is 6.18. The number of para-hydroxylation sites is 2. The molecule has 0 fully saturated rings. The fourth-order valence-corrected chi connectivity index (χ4v) is 4.90. The van der Waals surface area contributed by atoms with Gasteiger partial charge in [0.05, 0.1) is 11.0 Å². The second-order valence-electron chi connectivity index (χ2n) is 8.23. The van der Waals surface area contributed by atoms with Gasteiger partial charge in [-0.2, -0.15) is 0 Å². The van der Waals surface area contributed by atoms with Crippen LogP contribution in [0.5, 0.6) is 0 Å². The molecule has 7 rings (SSSR count). The van der Waals surface area contributed by atoms with E-state index < -0.39 is 0 Å². The molecule has 150 valence electrons. The topological polar surface area (TPSA) is 18.1 Å². The van der Waals surface area contributed by atoms with Gasteiger partial charge in [0, 0.05) is 27.2 Å². The Morgan fingerprint density at radius 2 is 1.12 bits per heavy atom. The Hall–Kier alpha value is -4.30. The van der Waals surface area contributed by atoms with Crippen molar-refractivity contribution in [3.05, 3.63) is 115 Å². The third-order valence-corrected chi connectivity index (χ3v) is 6.40. The fraction of sp³-hybridized carbons (Fsp3) is 0. The molecule has 0 aliphatic heterocycles. The van der Waals surface area contributed by atoms with E-state index in [1.54, 1.807) is 0 Å². The minimum absolute atomic E-state index is 0.929. The fourth-order valence-electron chi connectivity index (χ4n) is 4.90. The second kappa shape index (κ2) is 6.60. The van der Waals surface area contributed by atoms with Gasteiger partial charge in [0.15, 0.2) is 0 Å². The Kier molecular flexibility index (Phi) is 3.58. The molecule has 0 amide bonds. The Labute approximate surface area is 184 Å². The second-order valence-corrected chi connectivity index (χ2v) is 8.23. The van der Waals surface area contributed by atoms with E-state index >= 15 is 0 Å². The quantitative estimate of drug-likeness (QED) is 0.280. The maximum Gasteiger partial charge on any atom is 0.136 e. The van der Waals surface area contributed by atoms with Gasteiger partial charge in [-0.25, -0.2) is 0 Å². The van der Waals surface area contributed by atoms with Crippen molar-refractivity contribution in [3.63, 3.8) is 0 Å². The predicted molar refractivity (Wildman–Crippen MR) is 133 cm³/mol. The number of nitrogens with zero attached hydrogens (tertiary/aromatic N) is 1. The Bertz CT molecular complexity index is 1750. The molecule has 0 atom stereocenters. The highest BCUT2D eigenvalue weighted by Gasteiger charge is 2.16. The number of rotatable bonds is 2. The first-order valence-electron chi connectivity index (χ1n) is 10.9. The molecule has 2 nitrogen and oxygen atoms in total. The van der Waals surface area contributed by atoms with E-state index in [1.807, 2.05) is 12.1 Å². The van der Waals surface area contributed by atoms with Crippen LogP contribution in [0.2, 0.25) is 0 Å². The minimum atomic E-state index is 0.929. The molecule has 2 aromatic heterocycles. The van der Waals surface area contributed by atoms with Gasteiger partial charge in [-0.05, 0) is 47.5 Å². The van der Waals surface area contributed by atoms with Crippen LogP contribution in [-0.2, 0) is 0 Å². The van der Waals surface area contributed by atoms with E-state index in [9.17, 15) is 0 Å². The lowest BCUT2D eigenvalue weighted by atomic mass is 10.1. The molecule has 0 spiro atoms. The van der Waals surface area contributed by atoms with Crippen molar-refractivity contribution in [2.45, 2.75) is 0 Å². The molecular formula is C30H19NO. The van der Waals surface area contributed by atoms with E-state index in [1.165, 1.54) is 32.9 Å². The zero-order valence-corrected chi connectivity index (χ0v) is 17.3. The van der Waals surface area contributed by atoms with Crippen LogP contribution in [0.1, 0.15) is 0 Å². The van der Waals surface area contributed by atoms with Crippen molar-refractivity contribution in [1.82, 2.24) is 4.57 Å². The summed E-state index contributed by atoms with van der Waals surface area (Å²) >= 11 is 0. The van der Waals surface area contributed by atoms with Gasteiger partial charge in [-0.3, -0.25) is 0 Å². The van der Waals surface area contributed by atoms with Gasteiger partial charge < -0.3 is 8.98 Å². The van der Waals surface area contributed by atoms with Gasteiger partial charge in [0.2, 0.25) is 0 Å². The van der Waals surface area contributed by atoms with E-state index in [2.05, 4.69) is 108 Å². The largest absolute Gasteiger partial charge is 0.456 e. The van der Waals surface area contributed by atoms with Crippen LogP contribution in [0.3, 0.4) is 0 Å². The first-order chi connectivity index (χ1) is 15.9. The number of furan rings is 1. The third kappa shape index (κ3) is 2.47. The highest BCUT2D eigenvalue weighted by atomic mass is 16.3. The summed E-state index contributed by atoms with van der Waals surface area (Å²) in [6.07, 6.45) is 0. The van der Waals surface area contributed by atoms with Crippen LogP contribution in [0.4, 0.5) is 0 Å². The standard InChI is InChI=1S/C30H19NO/c1-2-8-20(9-3-1)21-14-16-22(17-15-21)31-27-12-6-4-10-23(27)25-19-30-26(18-28(25)31)24-11-5-7-13-29(24)32-30/h1-19H. The lowest BCUT2D eigenvalue weighted by molar-refractivity contribution is 0.669. The van der Waals surface area contributed by atoms with E-state index in [0.29, 0.717) is 0 Å². The lowest BCUT2D eigenvalue weighted by Gasteiger charge is -2.09. The number of aromatic nitrogens is 1. The first kappa shape index (κ1) is 17.4. The van der Waals surface area contributed by atoms with Gasteiger partial charge in [0.25, 0.3) is 0 Å². The normalized spacial score (nSPS) is 11.8. The van der Waals surface area contributed by atoms with Gasteiger partial charge in [-0.1, -0.05) is 78.9 Å². The molecule has 32 heavy (non-hydrogen) atoms. The van der Waals surface area contributed by atoms with Gasteiger partial charge in [-0.15, -0.1) is 0 Å². The Morgan fingerprint density at radius 1 is 0.438 bits per heavy atom. The molecule has 0 aliphatic carbocycles. The van der Waals surface area contributed by atoms with E-state index in [-0.39, 0.29) is 0 Å². The zero-order chi connectivity index (χ0) is 21.1. The zero-order valence-electron chi connectivity index (χ0n) is 17.3. The average Bonchev–Trinajstić information content (AvgIpc) is 3.38. The Morgan fingerprint density at radius 3 is 1.97 bits per heavy atom. The molecule has 0 N–H and O–H groups in total. The summed E-state index contributed by atoms with van der Waals surface area (Å²) < 4.78 is 8.54. The number of hydrogen-bond acceptors (Lipinski definition) is 1. The predicted octanol–water partition coefficient (Wildman–Crippen LogP) is 8.35. The van der Waals surface area contributed by atoms with Crippen LogP contribution in [0.25, 0.3) is 60.6 Å². The molecule has 0 unspecified atom stereocenters. The number of fused-ring (bicyclic) bond motifs is 6. The number of hydrogen-bond donors (Lipinski definition) is 0. The summed E-state index contributed by atoms with van der Waals surface area (Å²) in [4.78, 5) is 0. The first-order valence-corrected chi connectivity index (χ1v) is 10.9. The molecule has 2 heterocycles. The maximum absolute atomic E-state index is 6.18. The van der Waals surface area contributed by atoms with Crippen molar-refractivity contribution in [3.8, 4) is 16.8 Å². The molecule has 0 saturated heterocycles. The molecule has 0 radical (unpaired) electrons. The van der Waals surface area contributed by atoms with Crippen LogP contribution in [0, 0.1) is 0 Å². The molecule has 5 aromatic carbocycles. The van der Waals surface area contributed by atoms with Crippen molar-refractivity contribution < 1.29 is 4.42 Å². The van der Waals surface area contributed by atoms with E-state index in [0.717, 1.165) is 27.6 Å². The molecule has 2 heteroatoms. The van der Waals surface area contributed by atoms with Gasteiger partial charge in [0.1, 0.15) is 11.2 Å². The van der Waals surface area contributed by atoms with Crippen LogP contribution in [-0.4, -0.2) is 4.57 Å². The number of benzene rings is 5. The molecule has 0 saturated carbocycles. The summed E-state index contributed by atoms with van der Waals surface area (Å²) in [6.45, 7) is 0. The van der Waals surface area contributed by atoms with Crippen LogP contribution in [0.15, 0.2) is 120 Å². The summed E-state index contributed by atoms with van der Waals surface area (Å²) in [5.41, 5.74) is 7.86. The SMILES string of the molecule is c1ccc(-c2ccc(-n3c4ccccc4c4cc5oc6ccccc6c5cc43)cc2)cc1. The van der Waals surface area contributed by atoms with E-state index in [4.69, 9.17) is 4.42 Å². The van der Waals surface area contributed by atoms with Crippen molar-refractivity contribution in [1.29, 1.82) is 0 Å². The molecule has 7 aromatic rings.